The Hall–Kier alpha value is -3.07. The Morgan fingerprint density at radius 1 is 0.976 bits per heavy atom. The van der Waals surface area contributed by atoms with Gasteiger partial charge >= 0.3 is 0 Å². The number of benzene rings is 3. The van der Waals surface area contributed by atoms with E-state index in [-0.39, 0.29) is 39.1 Å². The molecule has 1 fully saturated rings. The molecule has 0 unspecified atom stereocenters. The quantitative estimate of drug-likeness (QED) is 0.291. The predicted molar refractivity (Wildman–Crippen MR) is 164 cm³/mol. The Bertz CT molecular complexity index is 1510. The second-order valence-corrected chi connectivity index (χ2v) is 13.2. The summed E-state index contributed by atoms with van der Waals surface area (Å²) in [5.74, 6) is -0.818. The standard InChI is InChI=1S/C31H35Cl2N3O4S/c1-21-12-15-27(16-13-21)41(39,40)36(29-18-25(32)14-17-28(29)33)20-30(37)35(19-24-9-5-4-8-22(24)2)23(3)31(38)34-26-10-6-7-11-26/h4-5,8-9,12-18,23,26H,6-7,10-11,19-20H2,1-3H3,(H,34,38)/t23-/m1/s1. The molecule has 1 aliphatic carbocycles. The average Bonchev–Trinajstić information content (AvgIpc) is 3.45. The largest absolute Gasteiger partial charge is 0.352 e. The van der Waals surface area contributed by atoms with Gasteiger partial charge in [0.1, 0.15) is 12.6 Å². The lowest BCUT2D eigenvalue weighted by molar-refractivity contribution is -0.139. The molecule has 3 aromatic carbocycles. The molecule has 10 heteroatoms. The molecule has 1 saturated carbocycles. The fourth-order valence-corrected chi connectivity index (χ4v) is 6.83. The first kappa shape index (κ1) is 30.9. The topological polar surface area (TPSA) is 86.8 Å². The van der Waals surface area contributed by atoms with Crippen LogP contribution in [0.5, 0.6) is 0 Å². The average molecular weight is 617 g/mol. The van der Waals surface area contributed by atoms with Crippen LogP contribution in [-0.4, -0.2) is 43.8 Å². The van der Waals surface area contributed by atoms with Crippen LogP contribution in [0, 0.1) is 13.8 Å². The molecule has 0 saturated heterocycles. The number of aryl methyl sites for hydroxylation is 2. The monoisotopic (exact) mass is 615 g/mol. The zero-order chi connectivity index (χ0) is 29.7. The first-order valence-corrected chi connectivity index (χ1v) is 15.9. The van der Waals surface area contributed by atoms with Crippen molar-refractivity contribution in [2.24, 2.45) is 0 Å². The molecule has 0 heterocycles. The van der Waals surface area contributed by atoms with Crippen LogP contribution in [0.3, 0.4) is 0 Å². The number of hydrogen-bond donors (Lipinski definition) is 1. The predicted octanol–water partition coefficient (Wildman–Crippen LogP) is 6.28. The summed E-state index contributed by atoms with van der Waals surface area (Å²) < 4.78 is 28.9. The van der Waals surface area contributed by atoms with Gasteiger partial charge in [0, 0.05) is 17.6 Å². The number of nitrogens with one attached hydrogen (secondary N) is 1. The molecule has 41 heavy (non-hydrogen) atoms. The lowest BCUT2D eigenvalue weighted by atomic mass is 10.1. The molecule has 1 N–H and O–H groups in total. The Kier molecular flexibility index (Phi) is 10.00. The van der Waals surface area contributed by atoms with Crippen LogP contribution < -0.4 is 9.62 Å². The van der Waals surface area contributed by atoms with Gasteiger partial charge in [0.25, 0.3) is 10.0 Å². The second-order valence-electron chi connectivity index (χ2n) is 10.5. The van der Waals surface area contributed by atoms with Gasteiger partial charge in [0.05, 0.1) is 15.6 Å². The Morgan fingerprint density at radius 3 is 2.29 bits per heavy atom. The number of carbonyl (C=O) groups excluding carboxylic acids is 2. The lowest BCUT2D eigenvalue weighted by Crippen LogP contribution is -2.52. The van der Waals surface area contributed by atoms with Gasteiger partial charge in [0.2, 0.25) is 11.8 Å². The molecule has 218 valence electrons. The van der Waals surface area contributed by atoms with Gasteiger partial charge in [-0.25, -0.2) is 8.42 Å². The van der Waals surface area contributed by atoms with Crippen molar-refractivity contribution in [1.29, 1.82) is 0 Å². The van der Waals surface area contributed by atoms with Crippen LogP contribution >= 0.6 is 23.2 Å². The molecule has 7 nitrogen and oxygen atoms in total. The third kappa shape index (κ3) is 7.42. The van der Waals surface area contributed by atoms with Crippen molar-refractivity contribution in [3.63, 3.8) is 0 Å². The Labute approximate surface area is 252 Å². The van der Waals surface area contributed by atoms with Gasteiger partial charge in [-0.2, -0.15) is 0 Å². The van der Waals surface area contributed by atoms with Gasteiger partial charge in [0.15, 0.2) is 0 Å². The van der Waals surface area contributed by atoms with Crippen LogP contribution in [0.4, 0.5) is 5.69 Å². The highest BCUT2D eigenvalue weighted by atomic mass is 35.5. The molecule has 3 aromatic rings. The first-order chi connectivity index (χ1) is 19.5. The molecule has 0 bridgehead atoms. The molecule has 0 aliphatic heterocycles. The minimum Gasteiger partial charge on any atom is -0.352 e. The van der Waals surface area contributed by atoms with Gasteiger partial charge in [-0.1, -0.05) is 78.0 Å². The van der Waals surface area contributed by atoms with E-state index in [2.05, 4.69) is 5.32 Å². The van der Waals surface area contributed by atoms with E-state index >= 15 is 0 Å². The molecule has 0 radical (unpaired) electrons. The molecule has 0 aromatic heterocycles. The summed E-state index contributed by atoms with van der Waals surface area (Å²) in [5.41, 5.74) is 2.77. The van der Waals surface area contributed by atoms with E-state index in [1.807, 2.05) is 38.1 Å². The van der Waals surface area contributed by atoms with Gasteiger partial charge in [-0.3, -0.25) is 13.9 Å². The van der Waals surface area contributed by atoms with E-state index in [9.17, 15) is 18.0 Å². The van der Waals surface area contributed by atoms with Crippen LogP contribution in [0.2, 0.25) is 10.0 Å². The minimum atomic E-state index is -4.24. The highest BCUT2D eigenvalue weighted by Gasteiger charge is 2.34. The number of halogens is 2. The van der Waals surface area contributed by atoms with Gasteiger partial charge < -0.3 is 10.2 Å². The maximum Gasteiger partial charge on any atom is 0.264 e. The summed E-state index contributed by atoms with van der Waals surface area (Å²) in [4.78, 5) is 28.9. The van der Waals surface area contributed by atoms with Crippen molar-refractivity contribution < 1.29 is 18.0 Å². The Balaban J connectivity index is 1.73. The smallest absolute Gasteiger partial charge is 0.264 e. The highest BCUT2D eigenvalue weighted by Crippen LogP contribution is 2.33. The SMILES string of the molecule is Cc1ccc(S(=O)(=O)N(CC(=O)N(Cc2ccccc2C)[C@H](C)C(=O)NC2CCCC2)c2cc(Cl)ccc2Cl)cc1. The first-order valence-electron chi connectivity index (χ1n) is 13.7. The van der Waals surface area contributed by atoms with Crippen LogP contribution in [0.1, 0.15) is 49.3 Å². The molecule has 1 atom stereocenters. The Morgan fingerprint density at radius 2 is 1.63 bits per heavy atom. The maximum atomic E-state index is 14.1. The number of anilines is 1. The number of carbonyl (C=O) groups is 2. The summed E-state index contributed by atoms with van der Waals surface area (Å²) in [5, 5.41) is 3.46. The van der Waals surface area contributed by atoms with Crippen molar-refractivity contribution in [2.45, 2.75) is 70.0 Å². The maximum absolute atomic E-state index is 14.1. The summed E-state index contributed by atoms with van der Waals surface area (Å²) in [6.07, 6.45) is 3.91. The zero-order valence-corrected chi connectivity index (χ0v) is 25.8. The molecular weight excluding hydrogens is 581 g/mol. The third-order valence-electron chi connectivity index (χ3n) is 7.54. The zero-order valence-electron chi connectivity index (χ0n) is 23.4. The lowest BCUT2D eigenvalue weighted by Gasteiger charge is -2.33. The number of rotatable bonds is 10. The van der Waals surface area contributed by atoms with Crippen LogP contribution in [0.25, 0.3) is 0 Å². The number of sulfonamides is 1. The van der Waals surface area contributed by atoms with E-state index in [1.54, 1.807) is 25.1 Å². The molecular formula is C31H35Cl2N3O4S. The van der Waals surface area contributed by atoms with Crippen LogP contribution in [-0.2, 0) is 26.2 Å². The van der Waals surface area contributed by atoms with Crippen molar-refractivity contribution >= 4 is 50.7 Å². The second kappa shape index (κ2) is 13.3. The number of hydrogen-bond acceptors (Lipinski definition) is 4. The molecule has 2 amide bonds. The van der Waals surface area contributed by atoms with E-state index in [4.69, 9.17) is 23.2 Å². The van der Waals surface area contributed by atoms with Crippen molar-refractivity contribution in [2.75, 3.05) is 10.8 Å². The summed E-state index contributed by atoms with van der Waals surface area (Å²) in [6, 6.07) is 17.6. The molecule has 4 rings (SSSR count). The highest BCUT2D eigenvalue weighted by molar-refractivity contribution is 7.92. The summed E-state index contributed by atoms with van der Waals surface area (Å²) in [6.45, 7) is 5.01. The molecule has 1 aliphatic rings. The number of amides is 2. The number of nitrogens with zero attached hydrogens (tertiary/aromatic N) is 2. The fraction of sp³-hybridized carbons (Fsp3) is 0.355. The van der Waals surface area contributed by atoms with Gasteiger partial charge in [-0.05, 0) is 75.1 Å². The summed E-state index contributed by atoms with van der Waals surface area (Å²) in [7, 11) is -4.24. The van der Waals surface area contributed by atoms with Crippen LogP contribution in [0.15, 0.2) is 71.6 Å². The minimum absolute atomic E-state index is 0.00409. The van der Waals surface area contributed by atoms with E-state index < -0.39 is 28.5 Å². The van der Waals surface area contributed by atoms with Crippen molar-refractivity contribution in [3.8, 4) is 0 Å². The van der Waals surface area contributed by atoms with Crippen molar-refractivity contribution in [3.05, 3.63) is 93.5 Å². The summed E-state index contributed by atoms with van der Waals surface area (Å²) >= 11 is 12.7. The van der Waals surface area contributed by atoms with Gasteiger partial charge in [-0.15, -0.1) is 0 Å². The van der Waals surface area contributed by atoms with Crippen molar-refractivity contribution in [1.82, 2.24) is 10.2 Å². The van der Waals surface area contributed by atoms with E-state index in [0.717, 1.165) is 46.7 Å². The normalized spacial score (nSPS) is 14.5. The fourth-order valence-electron chi connectivity index (χ4n) is 4.97. The molecule has 0 spiro atoms. The third-order valence-corrected chi connectivity index (χ3v) is 9.86. The van der Waals surface area contributed by atoms with E-state index in [0.29, 0.717) is 0 Å². The van der Waals surface area contributed by atoms with E-state index in [1.165, 1.54) is 29.2 Å².